The Morgan fingerprint density at radius 3 is 2.35 bits per heavy atom. The molecular weight excluding hydrogens is 521 g/mol. The highest BCUT2D eigenvalue weighted by atomic mass is 35.5. The van der Waals surface area contributed by atoms with Gasteiger partial charge in [0.05, 0.1) is 24.2 Å². The van der Waals surface area contributed by atoms with E-state index in [9.17, 15) is 22.4 Å². The van der Waals surface area contributed by atoms with E-state index in [4.69, 9.17) is 16.3 Å². The molecule has 2 aliphatic rings. The van der Waals surface area contributed by atoms with Crippen molar-refractivity contribution in [3.63, 3.8) is 0 Å². The van der Waals surface area contributed by atoms with Gasteiger partial charge in [-0.3, -0.25) is 9.59 Å². The topological polar surface area (TPSA) is 96.0 Å². The molecule has 0 saturated carbocycles. The van der Waals surface area contributed by atoms with Crippen molar-refractivity contribution >= 4 is 39.1 Å². The summed E-state index contributed by atoms with van der Waals surface area (Å²) in [7, 11) is -3.73. The quantitative estimate of drug-likeness (QED) is 0.541. The van der Waals surface area contributed by atoms with Gasteiger partial charge in [-0.05, 0) is 60.2 Å². The lowest BCUT2D eigenvalue weighted by Crippen LogP contribution is -2.40. The van der Waals surface area contributed by atoms with Crippen LogP contribution in [0.25, 0.3) is 0 Å². The summed E-state index contributed by atoms with van der Waals surface area (Å²) < 4.78 is 46.2. The zero-order chi connectivity index (χ0) is 26.2. The van der Waals surface area contributed by atoms with E-state index in [1.807, 2.05) is 0 Å². The summed E-state index contributed by atoms with van der Waals surface area (Å²) in [5.74, 6) is -1.34. The molecule has 0 spiro atoms. The first-order valence-electron chi connectivity index (χ1n) is 11.6. The molecule has 0 aromatic heterocycles. The van der Waals surface area contributed by atoms with Crippen molar-refractivity contribution in [1.29, 1.82) is 0 Å². The summed E-state index contributed by atoms with van der Waals surface area (Å²) in [6.45, 7) is 0.883. The van der Waals surface area contributed by atoms with Crippen LogP contribution in [0.2, 0.25) is 5.02 Å². The van der Waals surface area contributed by atoms with E-state index < -0.39 is 33.7 Å². The van der Waals surface area contributed by atoms with E-state index in [2.05, 4.69) is 5.32 Å². The fraction of sp³-hybridized carbons (Fsp3) is 0.231. The van der Waals surface area contributed by atoms with Crippen molar-refractivity contribution in [3.05, 3.63) is 94.3 Å². The second-order valence-corrected chi connectivity index (χ2v) is 11.1. The minimum absolute atomic E-state index is 0.0618. The van der Waals surface area contributed by atoms with E-state index in [-0.39, 0.29) is 30.1 Å². The highest BCUT2D eigenvalue weighted by Crippen LogP contribution is 2.38. The van der Waals surface area contributed by atoms with E-state index in [0.717, 1.165) is 0 Å². The summed E-state index contributed by atoms with van der Waals surface area (Å²) >= 11 is 6.27. The molecule has 2 aliphatic heterocycles. The third-order valence-corrected chi connectivity index (χ3v) is 8.51. The molecule has 11 heteroatoms. The van der Waals surface area contributed by atoms with Crippen molar-refractivity contribution in [1.82, 2.24) is 9.21 Å². The predicted molar refractivity (Wildman–Crippen MR) is 135 cm³/mol. The SMILES string of the molecule is O=C1CN(C(=O)c2ccc(S(=O)(=O)N3CCOCC3)cc2)C(c2ccc(F)cc2)c2cc(Cl)ccc2N1. The van der Waals surface area contributed by atoms with Gasteiger partial charge in [-0.25, -0.2) is 12.8 Å². The normalized spacial score (nSPS) is 18.6. The van der Waals surface area contributed by atoms with Gasteiger partial charge in [-0.1, -0.05) is 23.7 Å². The summed E-state index contributed by atoms with van der Waals surface area (Å²) in [6, 6.07) is 15.5. The average molecular weight is 544 g/mol. The van der Waals surface area contributed by atoms with Crippen LogP contribution in [0, 0.1) is 5.82 Å². The van der Waals surface area contributed by atoms with Gasteiger partial charge in [0.2, 0.25) is 15.9 Å². The Kier molecular flexibility index (Phi) is 7.00. The van der Waals surface area contributed by atoms with Gasteiger partial charge in [0, 0.05) is 34.9 Å². The van der Waals surface area contributed by atoms with E-state index in [1.165, 1.54) is 45.6 Å². The van der Waals surface area contributed by atoms with Crippen LogP contribution < -0.4 is 5.32 Å². The van der Waals surface area contributed by atoms with E-state index >= 15 is 0 Å². The van der Waals surface area contributed by atoms with Crippen molar-refractivity contribution in [2.45, 2.75) is 10.9 Å². The summed E-state index contributed by atoms with van der Waals surface area (Å²) in [6.07, 6.45) is 0. The largest absolute Gasteiger partial charge is 0.379 e. The van der Waals surface area contributed by atoms with Gasteiger partial charge in [0.25, 0.3) is 5.91 Å². The van der Waals surface area contributed by atoms with E-state index in [0.29, 0.717) is 35.1 Å². The highest BCUT2D eigenvalue weighted by Gasteiger charge is 2.34. The second-order valence-electron chi connectivity index (χ2n) is 8.71. The van der Waals surface area contributed by atoms with Gasteiger partial charge < -0.3 is 15.0 Å². The lowest BCUT2D eigenvalue weighted by atomic mass is 9.95. The van der Waals surface area contributed by atoms with Crippen LogP contribution in [0.3, 0.4) is 0 Å². The maximum Gasteiger partial charge on any atom is 0.255 e. The first-order valence-corrected chi connectivity index (χ1v) is 13.4. The molecule has 1 atom stereocenters. The van der Waals surface area contributed by atoms with Crippen LogP contribution in [-0.2, 0) is 19.6 Å². The molecule has 3 aromatic rings. The number of nitrogens with zero attached hydrogens (tertiary/aromatic N) is 2. The van der Waals surface area contributed by atoms with Crippen LogP contribution in [0.5, 0.6) is 0 Å². The van der Waals surface area contributed by atoms with Crippen LogP contribution in [-0.4, -0.2) is 62.3 Å². The Balaban J connectivity index is 1.53. The molecule has 2 heterocycles. The first kappa shape index (κ1) is 25.3. The van der Waals surface area contributed by atoms with Crippen molar-refractivity contribution in [3.8, 4) is 0 Å². The zero-order valence-electron chi connectivity index (χ0n) is 19.6. The summed E-state index contributed by atoms with van der Waals surface area (Å²) in [4.78, 5) is 28.0. The minimum Gasteiger partial charge on any atom is -0.379 e. The maximum atomic E-state index is 13.8. The molecule has 0 bridgehead atoms. The third-order valence-electron chi connectivity index (χ3n) is 6.36. The van der Waals surface area contributed by atoms with Crippen LogP contribution in [0.1, 0.15) is 27.5 Å². The van der Waals surface area contributed by atoms with Crippen molar-refractivity contribution < 1.29 is 27.1 Å². The standard InChI is InChI=1S/C26H23ClFN3O5S/c27-19-5-10-23-22(15-19)25(17-1-6-20(28)7-2-17)31(16-24(32)29-23)26(33)18-3-8-21(9-4-18)37(34,35)30-11-13-36-14-12-30/h1-10,15,25H,11-14,16H2,(H,29,32). The number of hydrogen-bond acceptors (Lipinski definition) is 5. The number of halogens is 2. The zero-order valence-corrected chi connectivity index (χ0v) is 21.1. The Labute approximate surface area is 218 Å². The fourth-order valence-electron chi connectivity index (χ4n) is 4.54. The molecule has 37 heavy (non-hydrogen) atoms. The maximum absolute atomic E-state index is 13.8. The molecule has 5 rings (SSSR count). The average Bonchev–Trinajstić information content (AvgIpc) is 3.05. The Bertz CT molecular complexity index is 1440. The lowest BCUT2D eigenvalue weighted by Gasteiger charge is -2.31. The second kappa shape index (κ2) is 10.2. The number of morpholine rings is 1. The molecule has 0 aliphatic carbocycles. The number of carbonyl (C=O) groups excluding carboxylic acids is 2. The molecule has 2 amide bonds. The molecule has 192 valence electrons. The summed E-state index contributed by atoms with van der Waals surface area (Å²) in [5.41, 5.74) is 1.85. The number of hydrogen-bond donors (Lipinski definition) is 1. The van der Waals surface area contributed by atoms with Crippen molar-refractivity contribution in [2.24, 2.45) is 0 Å². The van der Waals surface area contributed by atoms with Crippen molar-refractivity contribution in [2.75, 3.05) is 38.2 Å². The number of anilines is 1. The molecule has 1 saturated heterocycles. The monoisotopic (exact) mass is 543 g/mol. The predicted octanol–water partition coefficient (Wildman–Crippen LogP) is 3.68. The third kappa shape index (κ3) is 5.10. The smallest absolute Gasteiger partial charge is 0.255 e. The number of nitrogens with one attached hydrogen (secondary N) is 1. The van der Waals surface area contributed by atoms with Gasteiger partial charge in [0.15, 0.2) is 0 Å². The minimum atomic E-state index is -3.73. The Morgan fingerprint density at radius 1 is 1.00 bits per heavy atom. The number of fused-ring (bicyclic) bond motifs is 1. The van der Waals surface area contributed by atoms with Gasteiger partial charge >= 0.3 is 0 Å². The number of rotatable bonds is 4. The molecule has 0 radical (unpaired) electrons. The first-order chi connectivity index (χ1) is 17.7. The fourth-order valence-corrected chi connectivity index (χ4v) is 6.13. The molecule has 1 fully saturated rings. The van der Waals surface area contributed by atoms with Gasteiger partial charge in [0.1, 0.15) is 12.4 Å². The van der Waals surface area contributed by atoms with Crippen LogP contribution in [0.4, 0.5) is 10.1 Å². The van der Waals surface area contributed by atoms with Gasteiger partial charge in [-0.2, -0.15) is 4.31 Å². The molecule has 3 aromatic carbocycles. The molecule has 1 N–H and O–H groups in total. The summed E-state index contributed by atoms with van der Waals surface area (Å²) in [5, 5.41) is 3.21. The number of carbonyl (C=O) groups is 2. The number of ether oxygens (including phenoxy) is 1. The number of sulfonamides is 1. The van der Waals surface area contributed by atoms with E-state index in [1.54, 1.807) is 30.3 Å². The van der Waals surface area contributed by atoms with Gasteiger partial charge in [-0.15, -0.1) is 0 Å². The van der Waals surface area contributed by atoms with Crippen LogP contribution >= 0.6 is 11.6 Å². The molecule has 1 unspecified atom stereocenters. The Hall–Kier alpha value is -3.31. The molecule has 8 nitrogen and oxygen atoms in total. The highest BCUT2D eigenvalue weighted by molar-refractivity contribution is 7.89. The lowest BCUT2D eigenvalue weighted by molar-refractivity contribution is -0.117. The molecular formula is C26H23ClFN3O5S. The number of benzene rings is 3. The number of amides is 2. The Morgan fingerprint density at radius 2 is 1.68 bits per heavy atom. The van der Waals surface area contributed by atoms with Crippen LogP contribution in [0.15, 0.2) is 71.6 Å².